The Morgan fingerprint density at radius 2 is 1.95 bits per heavy atom. The highest BCUT2D eigenvalue weighted by atomic mass is 19.1. The van der Waals surface area contributed by atoms with Gasteiger partial charge in [-0.1, -0.05) is 24.3 Å². The second-order valence-electron chi connectivity index (χ2n) is 4.87. The molecule has 0 unspecified atom stereocenters. The summed E-state index contributed by atoms with van der Waals surface area (Å²) in [5.41, 5.74) is 1.08. The van der Waals surface area contributed by atoms with Crippen LogP contribution >= 0.6 is 0 Å². The Labute approximate surface area is 112 Å². The molecule has 4 heteroatoms. The topological polar surface area (TPSA) is 40.5 Å². The fourth-order valence-corrected chi connectivity index (χ4v) is 2.30. The highest BCUT2D eigenvalue weighted by Crippen LogP contribution is 2.18. The van der Waals surface area contributed by atoms with Gasteiger partial charge in [0, 0.05) is 13.1 Å². The lowest BCUT2D eigenvalue weighted by molar-refractivity contribution is 0.129. The summed E-state index contributed by atoms with van der Waals surface area (Å²) in [7, 11) is 0. The Balaban J connectivity index is 1.77. The Kier molecular flexibility index (Phi) is 4.55. The van der Waals surface area contributed by atoms with E-state index in [1.807, 2.05) is 0 Å². The van der Waals surface area contributed by atoms with Crippen molar-refractivity contribution >= 4 is 6.09 Å². The van der Waals surface area contributed by atoms with E-state index in [2.05, 4.69) is 12.2 Å². The molecule has 1 aromatic carbocycles. The smallest absolute Gasteiger partial charge is 0.407 e. The summed E-state index contributed by atoms with van der Waals surface area (Å²) in [5.74, 6) is 0.241. The van der Waals surface area contributed by atoms with Crippen LogP contribution in [0, 0.1) is 11.7 Å². The molecule has 1 saturated heterocycles. The fraction of sp³-hybridized carbons (Fsp3) is 0.400. The van der Waals surface area contributed by atoms with E-state index >= 15 is 0 Å². The third-order valence-electron chi connectivity index (χ3n) is 3.49. The minimum atomic E-state index is -0.825. The summed E-state index contributed by atoms with van der Waals surface area (Å²) in [6.07, 6.45) is 5.98. The molecule has 102 valence electrons. The van der Waals surface area contributed by atoms with Crippen molar-refractivity contribution in [3.8, 4) is 0 Å². The predicted molar refractivity (Wildman–Crippen MR) is 71.6 cm³/mol. The molecule has 0 bridgehead atoms. The van der Waals surface area contributed by atoms with Crippen LogP contribution in [0.1, 0.15) is 18.4 Å². The maximum atomic E-state index is 12.7. The number of amides is 1. The Hall–Kier alpha value is -1.84. The zero-order chi connectivity index (χ0) is 13.7. The molecule has 1 fully saturated rings. The number of nitrogens with zero attached hydrogens (tertiary/aromatic N) is 1. The largest absolute Gasteiger partial charge is 0.465 e. The number of allylic oxidation sites excluding steroid dienone is 2. The van der Waals surface area contributed by atoms with E-state index < -0.39 is 6.09 Å². The minimum Gasteiger partial charge on any atom is -0.465 e. The van der Waals surface area contributed by atoms with E-state index in [4.69, 9.17) is 5.11 Å². The summed E-state index contributed by atoms with van der Waals surface area (Å²) in [4.78, 5) is 12.2. The monoisotopic (exact) mass is 263 g/mol. The normalized spacial score (nSPS) is 17.0. The highest BCUT2D eigenvalue weighted by molar-refractivity contribution is 5.65. The van der Waals surface area contributed by atoms with Gasteiger partial charge in [-0.2, -0.15) is 0 Å². The SMILES string of the molecule is O=C(O)N1CCC(/C=C/Cc2ccc(F)cc2)CC1. The van der Waals surface area contributed by atoms with Crippen LogP contribution in [0.5, 0.6) is 0 Å². The number of carboxylic acid groups (broad SMARTS) is 1. The number of rotatable bonds is 3. The molecular formula is C15H18FNO2. The van der Waals surface area contributed by atoms with E-state index in [9.17, 15) is 9.18 Å². The molecule has 2 rings (SSSR count). The van der Waals surface area contributed by atoms with Crippen molar-refractivity contribution in [3.05, 3.63) is 47.8 Å². The molecule has 0 aliphatic carbocycles. The van der Waals surface area contributed by atoms with Gasteiger partial charge in [0.1, 0.15) is 5.82 Å². The second kappa shape index (κ2) is 6.36. The molecule has 0 atom stereocenters. The average Bonchev–Trinajstić information content (AvgIpc) is 2.41. The van der Waals surface area contributed by atoms with E-state index in [-0.39, 0.29) is 5.82 Å². The summed E-state index contributed by atoms with van der Waals surface area (Å²) in [5, 5.41) is 8.85. The molecule has 1 heterocycles. The van der Waals surface area contributed by atoms with Gasteiger partial charge in [0.15, 0.2) is 0 Å². The first-order valence-electron chi connectivity index (χ1n) is 6.54. The summed E-state index contributed by atoms with van der Waals surface area (Å²) >= 11 is 0. The maximum absolute atomic E-state index is 12.7. The lowest BCUT2D eigenvalue weighted by Gasteiger charge is -2.28. The van der Waals surface area contributed by atoms with Crippen LogP contribution in [0.25, 0.3) is 0 Å². The first kappa shape index (κ1) is 13.6. The molecular weight excluding hydrogens is 245 g/mol. The summed E-state index contributed by atoms with van der Waals surface area (Å²) in [6.45, 7) is 1.22. The first-order chi connectivity index (χ1) is 9.15. The van der Waals surface area contributed by atoms with E-state index in [0.29, 0.717) is 19.0 Å². The number of carbonyl (C=O) groups is 1. The number of hydrogen-bond donors (Lipinski definition) is 1. The summed E-state index contributed by atoms with van der Waals surface area (Å²) in [6, 6.07) is 6.50. The van der Waals surface area contributed by atoms with Gasteiger partial charge in [-0.05, 0) is 42.9 Å². The van der Waals surface area contributed by atoms with Crippen molar-refractivity contribution in [2.24, 2.45) is 5.92 Å². The van der Waals surface area contributed by atoms with Crippen molar-refractivity contribution in [2.75, 3.05) is 13.1 Å². The number of benzene rings is 1. The lowest BCUT2D eigenvalue weighted by Crippen LogP contribution is -2.36. The van der Waals surface area contributed by atoms with Crippen molar-refractivity contribution in [1.29, 1.82) is 0 Å². The molecule has 19 heavy (non-hydrogen) atoms. The zero-order valence-corrected chi connectivity index (χ0v) is 10.8. The standard InChI is InChI=1S/C15H18FNO2/c16-14-6-4-12(5-7-14)2-1-3-13-8-10-17(11-9-13)15(18)19/h1,3-7,13H,2,8-11H2,(H,18,19)/b3-1+. The molecule has 1 aliphatic heterocycles. The quantitative estimate of drug-likeness (QED) is 0.850. The second-order valence-corrected chi connectivity index (χ2v) is 4.87. The molecule has 3 nitrogen and oxygen atoms in total. The van der Waals surface area contributed by atoms with Crippen molar-refractivity contribution in [1.82, 2.24) is 4.90 Å². The molecule has 1 amide bonds. The Bertz CT molecular complexity index is 448. The van der Waals surface area contributed by atoms with Gasteiger partial charge < -0.3 is 10.0 Å². The minimum absolute atomic E-state index is 0.214. The van der Waals surface area contributed by atoms with Crippen molar-refractivity contribution in [3.63, 3.8) is 0 Å². The molecule has 0 aromatic heterocycles. The molecule has 0 spiro atoms. The third-order valence-corrected chi connectivity index (χ3v) is 3.49. The van der Waals surface area contributed by atoms with Gasteiger partial charge in [-0.3, -0.25) is 0 Å². The number of likely N-dealkylation sites (tertiary alicyclic amines) is 1. The maximum Gasteiger partial charge on any atom is 0.407 e. The Morgan fingerprint density at radius 1 is 1.32 bits per heavy atom. The fourth-order valence-electron chi connectivity index (χ4n) is 2.30. The predicted octanol–water partition coefficient (Wildman–Crippen LogP) is 3.31. The number of piperidine rings is 1. The van der Waals surface area contributed by atoms with Gasteiger partial charge in [0.05, 0.1) is 0 Å². The molecule has 1 aromatic rings. The van der Waals surface area contributed by atoms with Crippen LogP contribution in [0.3, 0.4) is 0 Å². The van der Waals surface area contributed by atoms with E-state index in [1.165, 1.54) is 17.0 Å². The van der Waals surface area contributed by atoms with Gasteiger partial charge in [-0.15, -0.1) is 0 Å². The molecule has 1 aliphatic rings. The van der Waals surface area contributed by atoms with E-state index in [1.54, 1.807) is 12.1 Å². The molecule has 1 N–H and O–H groups in total. The van der Waals surface area contributed by atoms with Crippen LogP contribution in [-0.2, 0) is 6.42 Å². The number of halogens is 1. The zero-order valence-electron chi connectivity index (χ0n) is 10.8. The van der Waals surface area contributed by atoms with Crippen LogP contribution in [-0.4, -0.2) is 29.2 Å². The van der Waals surface area contributed by atoms with Crippen molar-refractivity contribution < 1.29 is 14.3 Å². The lowest BCUT2D eigenvalue weighted by atomic mass is 9.96. The van der Waals surface area contributed by atoms with Crippen LogP contribution in [0.4, 0.5) is 9.18 Å². The van der Waals surface area contributed by atoms with Gasteiger partial charge in [-0.25, -0.2) is 9.18 Å². The number of hydrogen-bond acceptors (Lipinski definition) is 1. The van der Waals surface area contributed by atoms with Gasteiger partial charge in [0.2, 0.25) is 0 Å². The van der Waals surface area contributed by atoms with E-state index in [0.717, 1.165) is 24.8 Å². The summed E-state index contributed by atoms with van der Waals surface area (Å²) < 4.78 is 12.7. The average molecular weight is 263 g/mol. The van der Waals surface area contributed by atoms with Crippen molar-refractivity contribution in [2.45, 2.75) is 19.3 Å². The Morgan fingerprint density at radius 3 is 2.53 bits per heavy atom. The third kappa shape index (κ3) is 4.09. The van der Waals surface area contributed by atoms with Crippen LogP contribution in [0.15, 0.2) is 36.4 Å². The first-order valence-corrected chi connectivity index (χ1v) is 6.54. The van der Waals surface area contributed by atoms with Crippen LogP contribution in [0.2, 0.25) is 0 Å². The van der Waals surface area contributed by atoms with Gasteiger partial charge in [0.25, 0.3) is 0 Å². The van der Waals surface area contributed by atoms with Crippen LogP contribution < -0.4 is 0 Å². The van der Waals surface area contributed by atoms with Gasteiger partial charge >= 0.3 is 6.09 Å². The molecule has 0 saturated carbocycles. The molecule has 0 radical (unpaired) electrons. The highest BCUT2D eigenvalue weighted by Gasteiger charge is 2.20.